The first-order valence-electron chi connectivity index (χ1n) is 18.9. The normalized spacial score (nSPS) is 12.1. The predicted molar refractivity (Wildman–Crippen MR) is 225 cm³/mol. The molecule has 5 nitrogen and oxygen atoms in total. The van der Waals surface area contributed by atoms with Gasteiger partial charge in [0, 0.05) is 28.8 Å². The minimum absolute atomic E-state index is 0.273. The van der Waals surface area contributed by atoms with Gasteiger partial charge in [0.25, 0.3) is 0 Å². The average molecular weight is 701 g/mol. The van der Waals surface area contributed by atoms with Crippen molar-refractivity contribution >= 4 is 54.8 Å². The lowest BCUT2D eigenvalue weighted by Gasteiger charge is -2.24. The molecule has 0 bridgehead atoms. The van der Waals surface area contributed by atoms with Gasteiger partial charge >= 0.3 is 0 Å². The summed E-state index contributed by atoms with van der Waals surface area (Å²) < 4.78 is 11.7. The van der Waals surface area contributed by atoms with Crippen molar-refractivity contribution in [1.29, 1.82) is 0 Å². The lowest BCUT2D eigenvalue weighted by atomic mass is 9.88. The second-order valence-electron chi connectivity index (χ2n) is 15.1. The highest BCUT2D eigenvalue weighted by molar-refractivity contribution is 6.18. The molecule has 7 aromatic carbocycles. The molecule has 0 N–H and O–H groups in total. The maximum Gasteiger partial charge on any atom is 0.149 e. The molecule has 5 heteroatoms. The number of imidazole rings is 2. The van der Waals surface area contributed by atoms with Crippen molar-refractivity contribution in [2.75, 3.05) is 0 Å². The van der Waals surface area contributed by atoms with Gasteiger partial charge in [0.15, 0.2) is 0 Å². The van der Waals surface area contributed by atoms with Crippen LogP contribution in [0.5, 0.6) is 0 Å². The molecule has 54 heavy (non-hydrogen) atoms. The minimum atomic E-state index is 0.273. The molecule has 0 fully saturated rings. The fraction of sp³-hybridized carbons (Fsp3) is 0.143. The Labute approximate surface area is 314 Å². The summed E-state index contributed by atoms with van der Waals surface area (Å²) in [5.41, 5.74) is 14.1. The third-order valence-electron chi connectivity index (χ3n) is 11.1. The second-order valence-corrected chi connectivity index (χ2v) is 15.1. The molecule has 0 aliphatic carbocycles. The van der Waals surface area contributed by atoms with E-state index in [-0.39, 0.29) is 11.8 Å². The summed E-state index contributed by atoms with van der Waals surface area (Å²) in [6.07, 6.45) is 0. The lowest BCUT2D eigenvalue weighted by molar-refractivity contribution is 0.673. The van der Waals surface area contributed by atoms with Gasteiger partial charge in [-0.25, -0.2) is 9.97 Å². The van der Waals surface area contributed by atoms with Crippen LogP contribution < -0.4 is 0 Å². The molecule has 0 radical (unpaired) electrons. The third-order valence-corrected chi connectivity index (χ3v) is 11.1. The molecule has 0 saturated carbocycles. The van der Waals surface area contributed by atoms with Gasteiger partial charge in [-0.3, -0.25) is 4.57 Å². The van der Waals surface area contributed by atoms with E-state index >= 15 is 0 Å². The first kappa shape index (κ1) is 32.2. The van der Waals surface area contributed by atoms with Gasteiger partial charge in [-0.15, -0.1) is 0 Å². The highest BCUT2D eigenvalue weighted by Crippen LogP contribution is 2.44. The molecule has 0 spiro atoms. The largest absolute Gasteiger partial charge is 0.455 e. The number of rotatable bonds is 6. The number of hydrogen-bond donors (Lipinski definition) is 0. The number of aryl methyl sites for hydroxylation is 1. The summed E-state index contributed by atoms with van der Waals surface area (Å²) in [6, 6.07) is 49.7. The van der Waals surface area contributed by atoms with Crippen LogP contribution in [0.4, 0.5) is 0 Å². The van der Waals surface area contributed by atoms with Crippen LogP contribution in [0.2, 0.25) is 0 Å². The first-order valence-corrected chi connectivity index (χ1v) is 18.9. The molecular weight excluding hydrogens is 661 g/mol. The van der Waals surface area contributed by atoms with Crippen LogP contribution in [0.1, 0.15) is 50.7 Å². The first-order chi connectivity index (χ1) is 26.4. The summed E-state index contributed by atoms with van der Waals surface area (Å²) in [4.78, 5) is 10.4. The van der Waals surface area contributed by atoms with Gasteiger partial charge < -0.3 is 8.98 Å². The zero-order chi connectivity index (χ0) is 36.7. The van der Waals surface area contributed by atoms with Crippen LogP contribution in [0.15, 0.2) is 144 Å². The fourth-order valence-electron chi connectivity index (χ4n) is 8.34. The maximum atomic E-state index is 7.07. The molecule has 0 atom stereocenters. The zero-order valence-electron chi connectivity index (χ0n) is 31.1. The van der Waals surface area contributed by atoms with E-state index in [2.05, 4.69) is 177 Å². The molecular formula is C49H40N4O. The van der Waals surface area contributed by atoms with Crippen LogP contribution in [0.25, 0.3) is 94.4 Å². The highest BCUT2D eigenvalue weighted by atomic mass is 16.3. The van der Waals surface area contributed by atoms with Crippen molar-refractivity contribution < 1.29 is 4.42 Å². The summed E-state index contributed by atoms with van der Waals surface area (Å²) in [6.45, 7) is 9.18. The summed E-state index contributed by atoms with van der Waals surface area (Å²) in [5.74, 6) is 2.37. The third kappa shape index (κ3) is 4.92. The fourth-order valence-corrected chi connectivity index (χ4v) is 8.34. The van der Waals surface area contributed by atoms with Crippen LogP contribution in [0, 0.1) is 0 Å². The molecule has 262 valence electrons. The van der Waals surface area contributed by atoms with Crippen LogP contribution in [-0.2, 0) is 7.05 Å². The monoisotopic (exact) mass is 700 g/mol. The van der Waals surface area contributed by atoms with E-state index in [4.69, 9.17) is 14.4 Å². The topological polar surface area (TPSA) is 48.8 Å². The van der Waals surface area contributed by atoms with E-state index in [1.165, 1.54) is 27.9 Å². The zero-order valence-corrected chi connectivity index (χ0v) is 31.1. The molecule has 0 saturated heterocycles. The van der Waals surface area contributed by atoms with Crippen molar-refractivity contribution in [2.45, 2.75) is 39.5 Å². The van der Waals surface area contributed by atoms with E-state index in [0.717, 1.165) is 77.6 Å². The van der Waals surface area contributed by atoms with Crippen molar-refractivity contribution in [3.63, 3.8) is 0 Å². The number of fused-ring (bicyclic) bond motifs is 7. The molecule has 3 heterocycles. The molecule has 10 aromatic rings. The van der Waals surface area contributed by atoms with Crippen molar-refractivity contribution in [1.82, 2.24) is 19.1 Å². The number of furan rings is 1. The molecule has 3 aromatic heterocycles. The highest BCUT2D eigenvalue weighted by Gasteiger charge is 2.26. The molecule has 0 amide bonds. The molecule has 0 aliphatic heterocycles. The van der Waals surface area contributed by atoms with Crippen LogP contribution in [0.3, 0.4) is 0 Å². The van der Waals surface area contributed by atoms with Gasteiger partial charge in [0.1, 0.15) is 22.8 Å². The summed E-state index contributed by atoms with van der Waals surface area (Å²) >= 11 is 0. The average Bonchev–Trinajstić information content (AvgIpc) is 3.88. The number of nitrogens with zero attached hydrogens (tertiary/aromatic N) is 4. The van der Waals surface area contributed by atoms with Gasteiger partial charge in [-0.05, 0) is 88.0 Å². The van der Waals surface area contributed by atoms with E-state index in [9.17, 15) is 0 Å². The van der Waals surface area contributed by atoms with E-state index in [1.807, 2.05) is 6.07 Å². The Balaban J connectivity index is 1.24. The molecule has 0 unspecified atom stereocenters. The number of benzene rings is 7. The maximum absolute atomic E-state index is 7.07. The predicted octanol–water partition coefficient (Wildman–Crippen LogP) is 13.2. The quantitative estimate of drug-likeness (QED) is 0.173. The number of aromatic nitrogens is 4. The Bertz CT molecular complexity index is 3020. The van der Waals surface area contributed by atoms with Crippen molar-refractivity contribution in [3.8, 4) is 39.6 Å². The Hall–Kier alpha value is -6.46. The van der Waals surface area contributed by atoms with Gasteiger partial charge in [0.2, 0.25) is 0 Å². The molecule has 10 rings (SSSR count). The van der Waals surface area contributed by atoms with Gasteiger partial charge in [-0.1, -0.05) is 119 Å². The number of hydrogen-bond acceptors (Lipinski definition) is 3. The van der Waals surface area contributed by atoms with E-state index in [1.54, 1.807) is 0 Å². The smallest absolute Gasteiger partial charge is 0.149 e. The summed E-state index contributed by atoms with van der Waals surface area (Å²) in [7, 11) is 2.09. The van der Waals surface area contributed by atoms with E-state index < -0.39 is 0 Å². The summed E-state index contributed by atoms with van der Waals surface area (Å²) in [5, 5.41) is 4.33. The second kappa shape index (κ2) is 12.3. The number of para-hydroxylation sites is 3. The van der Waals surface area contributed by atoms with E-state index in [0.29, 0.717) is 0 Å². The Morgan fingerprint density at radius 3 is 1.87 bits per heavy atom. The standard InChI is InChI=1S/C49H40N4O/c1-29(2)38-25-34(31-15-8-6-9-16-31)26-39(30(3)4)45(38)53-43-22-13-12-21-41(43)50-49(53)37-20-14-19-35-36-24-23-33-27-42-44(28-40(33)47(36)54-46(35)37)52(5)48(51-42)32-17-10-7-11-18-32/h6-30H,1-5H3. The lowest BCUT2D eigenvalue weighted by Crippen LogP contribution is -2.09. The molecule has 0 aliphatic rings. The SMILES string of the molecule is CC(C)c1cc(-c2ccccc2)cc(C(C)C)c1-n1c(-c2cccc3c2oc2c4cc5c(cc4ccc32)nc(-c2ccccc2)n5C)nc2ccccc21. The van der Waals surface area contributed by atoms with Gasteiger partial charge in [-0.2, -0.15) is 0 Å². The van der Waals surface area contributed by atoms with Crippen molar-refractivity contribution in [2.24, 2.45) is 7.05 Å². The Kier molecular flexibility index (Phi) is 7.34. The van der Waals surface area contributed by atoms with Crippen LogP contribution >= 0.6 is 0 Å². The van der Waals surface area contributed by atoms with Crippen LogP contribution in [-0.4, -0.2) is 19.1 Å². The Morgan fingerprint density at radius 2 is 1.15 bits per heavy atom. The Morgan fingerprint density at radius 1 is 0.500 bits per heavy atom. The van der Waals surface area contributed by atoms with Gasteiger partial charge in [0.05, 0.1) is 33.3 Å². The van der Waals surface area contributed by atoms with Crippen molar-refractivity contribution in [3.05, 3.63) is 151 Å². The minimum Gasteiger partial charge on any atom is -0.455 e.